The van der Waals surface area contributed by atoms with Crippen LogP contribution in [0.25, 0.3) is 0 Å². The van der Waals surface area contributed by atoms with Crippen LogP contribution in [-0.4, -0.2) is 31.9 Å². The quantitative estimate of drug-likeness (QED) is 0.900. The lowest BCUT2D eigenvalue weighted by Gasteiger charge is -2.05. The highest BCUT2D eigenvalue weighted by Crippen LogP contribution is 2.54. The number of sulfone groups is 1. The molecule has 2 aromatic carbocycles. The first kappa shape index (κ1) is 16.5. The average molecular weight is 346 g/mol. The molecule has 1 aliphatic rings. The van der Waals surface area contributed by atoms with Crippen LogP contribution in [-0.2, 0) is 14.6 Å². The number of benzene rings is 2. The number of rotatable bonds is 5. The van der Waals surface area contributed by atoms with Gasteiger partial charge in [0.15, 0.2) is 9.84 Å². The minimum Gasteiger partial charge on any atom is -0.497 e. The summed E-state index contributed by atoms with van der Waals surface area (Å²) in [5.41, 5.74) is 1.65. The monoisotopic (exact) mass is 346 g/mol. The zero-order valence-electron chi connectivity index (χ0n) is 13.3. The number of hydrogen-bond donors (Lipinski definition) is 1. The summed E-state index contributed by atoms with van der Waals surface area (Å²) in [5, 5.41) is 8.48. The minimum absolute atomic E-state index is 0.167. The second-order valence-electron chi connectivity index (χ2n) is 5.99. The van der Waals surface area contributed by atoms with Crippen molar-refractivity contribution in [1.82, 2.24) is 0 Å². The van der Waals surface area contributed by atoms with Gasteiger partial charge in [0.2, 0.25) is 0 Å². The van der Waals surface area contributed by atoms with Crippen molar-refractivity contribution in [3.05, 3.63) is 59.7 Å². The zero-order chi connectivity index (χ0) is 17.5. The molecule has 0 bridgehead atoms. The van der Waals surface area contributed by atoms with Crippen molar-refractivity contribution in [3.8, 4) is 5.75 Å². The summed E-state index contributed by atoms with van der Waals surface area (Å²) >= 11 is 0. The second kappa shape index (κ2) is 5.94. The molecule has 2 aromatic rings. The molecule has 5 nitrogen and oxygen atoms in total. The van der Waals surface area contributed by atoms with Crippen LogP contribution < -0.4 is 4.74 Å². The fourth-order valence-corrected chi connectivity index (χ4v) is 5.19. The van der Waals surface area contributed by atoms with Crippen LogP contribution >= 0.6 is 0 Å². The average Bonchev–Trinajstić information content (AvgIpc) is 3.32. The Morgan fingerprint density at radius 1 is 1.04 bits per heavy atom. The molecule has 0 saturated heterocycles. The molecule has 1 N–H and O–H groups in total. The van der Waals surface area contributed by atoms with E-state index < -0.39 is 32.9 Å². The normalized spacial score (nSPS) is 22.8. The summed E-state index contributed by atoms with van der Waals surface area (Å²) in [7, 11) is -2.16. The van der Waals surface area contributed by atoms with Crippen LogP contribution in [0.5, 0.6) is 5.75 Å². The fourth-order valence-electron chi connectivity index (χ4n) is 3.07. The van der Waals surface area contributed by atoms with Crippen molar-refractivity contribution >= 4 is 15.8 Å². The molecule has 0 amide bonds. The lowest BCUT2D eigenvalue weighted by Crippen LogP contribution is -2.13. The van der Waals surface area contributed by atoms with E-state index in [-0.39, 0.29) is 4.90 Å². The number of carboxylic acid groups (broad SMARTS) is 1. The number of aliphatic carboxylic acids is 1. The first-order valence-corrected chi connectivity index (χ1v) is 9.08. The van der Waals surface area contributed by atoms with E-state index in [4.69, 9.17) is 4.74 Å². The Balaban J connectivity index is 1.96. The summed E-state index contributed by atoms with van der Waals surface area (Å²) in [6, 6.07) is 13.4. The zero-order valence-corrected chi connectivity index (χ0v) is 14.2. The Morgan fingerprint density at radius 3 is 2.12 bits per heavy atom. The molecule has 0 unspecified atom stereocenters. The van der Waals surface area contributed by atoms with Crippen LogP contribution in [0.15, 0.2) is 53.4 Å². The van der Waals surface area contributed by atoms with Crippen molar-refractivity contribution in [2.24, 2.45) is 5.92 Å². The first-order chi connectivity index (χ1) is 11.4. The molecule has 0 aromatic heterocycles. The molecule has 1 fully saturated rings. The topological polar surface area (TPSA) is 80.7 Å². The molecule has 0 aliphatic heterocycles. The van der Waals surface area contributed by atoms with Gasteiger partial charge in [0.05, 0.1) is 23.2 Å². The number of methoxy groups -OCH3 is 1. The molecule has 24 heavy (non-hydrogen) atoms. The second-order valence-corrected chi connectivity index (χ2v) is 8.09. The van der Waals surface area contributed by atoms with Crippen molar-refractivity contribution in [1.29, 1.82) is 0 Å². The Morgan fingerprint density at radius 2 is 1.62 bits per heavy atom. The highest BCUT2D eigenvalue weighted by Gasteiger charge is 2.63. The highest BCUT2D eigenvalue weighted by molar-refractivity contribution is 7.92. The van der Waals surface area contributed by atoms with Gasteiger partial charge in [0, 0.05) is 5.92 Å². The fraction of sp³-hybridized carbons (Fsp3) is 0.278. The van der Waals surface area contributed by atoms with Crippen LogP contribution in [0, 0.1) is 12.8 Å². The summed E-state index contributed by atoms with van der Waals surface area (Å²) in [4.78, 5) is 11.7. The van der Waals surface area contributed by atoms with E-state index in [1.54, 1.807) is 36.4 Å². The van der Waals surface area contributed by atoms with E-state index in [1.807, 2.05) is 6.92 Å². The largest absolute Gasteiger partial charge is 0.497 e. The third kappa shape index (κ3) is 2.78. The first-order valence-electron chi connectivity index (χ1n) is 7.53. The van der Waals surface area contributed by atoms with Crippen LogP contribution in [0.2, 0.25) is 0 Å². The van der Waals surface area contributed by atoms with Crippen molar-refractivity contribution in [2.45, 2.75) is 23.0 Å². The van der Waals surface area contributed by atoms with Crippen LogP contribution in [0.3, 0.4) is 0 Å². The van der Waals surface area contributed by atoms with Gasteiger partial charge in [-0.1, -0.05) is 29.8 Å². The van der Waals surface area contributed by atoms with E-state index in [0.717, 1.165) is 5.56 Å². The standard InChI is InChI=1S/C18H18O5S/c1-11-3-9-14(10-4-11)24(21,22)17-15(16(17)18(19)20)12-5-7-13(23-2)8-6-12/h3-10,15-17H,1-2H3,(H,19,20)/t15-,16-,17-/m1/s1. The number of hydrogen-bond acceptors (Lipinski definition) is 4. The molecule has 126 valence electrons. The van der Waals surface area contributed by atoms with Gasteiger partial charge in [-0.05, 0) is 36.8 Å². The van der Waals surface area contributed by atoms with E-state index in [2.05, 4.69) is 0 Å². The maximum atomic E-state index is 12.8. The highest BCUT2D eigenvalue weighted by atomic mass is 32.2. The van der Waals surface area contributed by atoms with Gasteiger partial charge < -0.3 is 9.84 Å². The Labute approximate surface area is 140 Å². The van der Waals surface area contributed by atoms with Crippen molar-refractivity contribution in [3.63, 3.8) is 0 Å². The Hall–Kier alpha value is -2.34. The summed E-state index contributed by atoms with van der Waals surface area (Å²) < 4.78 is 30.8. The number of ether oxygens (including phenoxy) is 1. The molecule has 0 heterocycles. The lowest BCUT2D eigenvalue weighted by atomic mass is 10.1. The van der Waals surface area contributed by atoms with E-state index in [0.29, 0.717) is 11.3 Å². The molecule has 0 spiro atoms. The smallest absolute Gasteiger partial charge is 0.308 e. The van der Waals surface area contributed by atoms with Crippen molar-refractivity contribution in [2.75, 3.05) is 7.11 Å². The molecule has 0 radical (unpaired) electrons. The predicted octanol–water partition coefficient (Wildman–Crippen LogP) is 2.64. The van der Waals surface area contributed by atoms with Gasteiger partial charge in [-0.3, -0.25) is 4.79 Å². The van der Waals surface area contributed by atoms with E-state index in [1.165, 1.54) is 19.2 Å². The molecular weight excluding hydrogens is 328 g/mol. The maximum absolute atomic E-state index is 12.8. The van der Waals surface area contributed by atoms with Gasteiger partial charge in [-0.2, -0.15) is 0 Å². The SMILES string of the molecule is COc1ccc([C@@H]2[C@@H](C(=O)O)[C@@H]2S(=O)(=O)c2ccc(C)cc2)cc1. The van der Waals surface area contributed by atoms with Gasteiger partial charge in [0.1, 0.15) is 5.75 Å². The molecule has 6 heteroatoms. The Bertz CT molecular complexity index is 853. The van der Waals surface area contributed by atoms with E-state index in [9.17, 15) is 18.3 Å². The summed E-state index contributed by atoms with van der Waals surface area (Å²) in [5.74, 6) is -1.91. The molecule has 1 saturated carbocycles. The van der Waals surface area contributed by atoms with Crippen LogP contribution in [0.4, 0.5) is 0 Å². The number of carboxylic acids is 1. The number of carbonyl (C=O) groups is 1. The number of aryl methyl sites for hydroxylation is 1. The molecule has 1 aliphatic carbocycles. The molecule has 3 atom stereocenters. The summed E-state index contributed by atoms with van der Waals surface area (Å²) in [6.45, 7) is 1.87. The van der Waals surface area contributed by atoms with Crippen LogP contribution in [0.1, 0.15) is 17.0 Å². The molecular formula is C18H18O5S. The third-order valence-electron chi connectivity index (χ3n) is 4.45. The molecule has 3 rings (SSSR count). The lowest BCUT2D eigenvalue weighted by molar-refractivity contribution is -0.138. The van der Waals surface area contributed by atoms with Gasteiger partial charge in [0.25, 0.3) is 0 Å². The van der Waals surface area contributed by atoms with Gasteiger partial charge in [-0.15, -0.1) is 0 Å². The Kier molecular flexibility index (Phi) is 4.09. The van der Waals surface area contributed by atoms with Gasteiger partial charge >= 0.3 is 5.97 Å². The minimum atomic E-state index is -3.70. The third-order valence-corrected chi connectivity index (χ3v) is 6.68. The van der Waals surface area contributed by atoms with E-state index >= 15 is 0 Å². The maximum Gasteiger partial charge on any atom is 0.308 e. The predicted molar refractivity (Wildman–Crippen MR) is 89.0 cm³/mol. The van der Waals surface area contributed by atoms with Gasteiger partial charge in [-0.25, -0.2) is 8.42 Å². The van der Waals surface area contributed by atoms with Crippen molar-refractivity contribution < 1.29 is 23.1 Å². The summed E-state index contributed by atoms with van der Waals surface area (Å²) in [6.07, 6.45) is 0.